The number of ether oxygens (including phenoxy) is 1. The Balaban J connectivity index is 1.96. The van der Waals surface area contributed by atoms with Gasteiger partial charge in [0.05, 0.1) is 6.10 Å². The second kappa shape index (κ2) is 7.32. The van der Waals surface area contributed by atoms with Crippen LogP contribution < -0.4 is 10.1 Å². The lowest BCUT2D eigenvalue weighted by molar-refractivity contribution is 0.239. The molecule has 0 amide bonds. The lowest BCUT2D eigenvalue weighted by Gasteiger charge is -2.14. The van der Waals surface area contributed by atoms with Crippen molar-refractivity contribution in [2.24, 2.45) is 0 Å². The van der Waals surface area contributed by atoms with E-state index in [9.17, 15) is 0 Å². The summed E-state index contributed by atoms with van der Waals surface area (Å²) in [5.41, 5.74) is 2.27. The predicted octanol–water partition coefficient (Wildman–Crippen LogP) is 4.42. The van der Waals surface area contributed by atoms with E-state index >= 15 is 0 Å². The summed E-state index contributed by atoms with van der Waals surface area (Å²) in [4.78, 5) is 0. The minimum absolute atomic E-state index is 0.180. The highest BCUT2D eigenvalue weighted by atomic mass is 35.5. The molecule has 2 rings (SSSR count). The van der Waals surface area contributed by atoms with Crippen molar-refractivity contribution in [1.29, 1.82) is 0 Å². The van der Waals surface area contributed by atoms with E-state index in [-0.39, 0.29) is 6.10 Å². The Labute approximate surface area is 125 Å². The molecule has 20 heavy (non-hydrogen) atoms. The van der Waals surface area contributed by atoms with Crippen LogP contribution in [0.25, 0.3) is 0 Å². The SMILES string of the molecule is CC(C)Oc1ccccc1CNCc1ccccc1Cl. The third kappa shape index (κ3) is 4.26. The zero-order chi connectivity index (χ0) is 14.4. The number of benzene rings is 2. The van der Waals surface area contributed by atoms with Crippen LogP contribution in [0.4, 0.5) is 0 Å². The van der Waals surface area contributed by atoms with E-state index in [4.69, 9.17) is 16.3 Å². The quantitative estimate of drug-likeness (QED) is 0.850. The molecule has 0 radical (unpaired) electrons. The van der Waals surface area contributed by atoms with Crippen LogP contribution in [-0.2, 0) is 13.1 Å². The highest BCUT2D eigenvalue weighted by Crippen LogP contribution is 2.20. The Morgan fingerprint density at radius 1 is 0.950 bits per heavy atom. The van der Waals surface area contributed by atoms with Crippen LogP contribution in [0.5, 0.6) is 5.75 Å². The fourth-order valence-electron chi connectivity index (χ4n) is 1.99. The van der Waals surface area contributed by atoms with Crippen molar-refractivity contribution in [3.8, 4) is 5.75 Å². The first-order chi connectivity index (χ1) is 9.66. The molecule has 3 heteroatoms. The Hall–Kier alpha value is -1.51. The molecule has 0 bridgehead atoms. The Morgan fingerprint density at radius 2 is 1.55 bits per heavy atom. The molecule has 0 saturated heterocycles. The van der Waals surface area contributed by atoms with Crippen LogP contribution in [-0.4, -0.2) is 6.10 Å². The van der Waals surface area contributed by atoms with Gasteiger partial charge in [-0.25, -0.2) is 0 Å². The fourth-order valence-corrected chi connectivity index (χ4v) is 2.19. The third-order valence-electron chi connectivity index (χ3n) is 2.92. The molecule has 0 atom stereocenters. The van der Waals surface area contributed by atoms with Gasteiger partial charge in [-0.3, -0.25) is 0 Å². The molecule has 0 heterocycles. The van der Waals surface area contributed by atoms with Crippen LogP contribution in [0, 0.1) is 0 Å². The van der Waals surface area contributed by atoms with E-state index in [1.807, 2.05) is 56.3 Å². The van der Waals surface area contributed by atoms with Crippen LogP contribution in [0.2, 0.25) is 5.02 Å². The van der Waals surface area contributed by atoms with Crippen LogP contribution in [0.1, 0.15) is 25.0 Å². The number of halogens is 1. The van der Waals surface area contributed by atoms with Gasteiger partial charge < -0.3 is 10.1 Å². The molecule has 106 valence electrons. The topological polar surface area (TPSA) is 21.3 Å². The normalized spacial score (nSPS) is 10.8. The molecule has 2 aromatic rings. The highest BCUT2D eigenvalue weighted by Gasteiger charge is 2.05. The number of nitrogens with one attached hydrogen (secondary N) is 1. The van der Waals surface area contributed by atoms with E-state index in [0.717, 1.165) is 35.0 Å². The van der Waals surface area contributed by atoms with Gasteiger partial charge in [0.2, 0.25) is 0 Å². The van der Waals surface area contributed by atoms with Gasteiger partial charge in [0.1, 0.15) is 5.75 Å². The zero-order valence-corrected chi connectivity index (χ0v) is 12.7. The molecule has 0 aliphatic rings. The summed E-state index contributed by atoms with van der Waals surface area (Å²) in [6.07, 6.45) is 0.180. The minimum Gasteiger partial charge on any atom is -0.491 e. The lowest BCUT2D eigenvalue weighted by atomic mass is 10.2. The summed E-state index contributed by atoms with van der Waals surface area (Å²) in [6, 6.07) is 16.0. The Morgan fingerprint density at radius 3 is 2.25 bits per heavy atom. The molecule has 2 aromatic carbocycles. The van der Waals surface area contributed by atoms with Gasteiger partial charge in [-0.2, -0.15) is 0 Å². The summed E-state index contributed by atoms with van der Waals surface area (Å²) in [6.45, 7) is 5.58. The van der Waals surface area contributed by atoms with E-state index in [2.05, 4.69) is 11.4 Å². The summed E-state index contributed by atoms with van der Waals surface area (Å²) in [5, 5.41) is 4.21. The van der Waals surface area contributed by atoms with Gasteiger partial charge in [-0.15, -0.1) is 0 Å². The monoisotopic (exact) mass is 289 g/mol. The van der Waals surface area contributed by atoms with Crippen molar-refractivity contribution < 1.29 is 4.74 Å². The molecule has 0 unspecified atom stereocenters. The predicted molar refractivity (Wildman–Crippen MR) is 84.2 cm³/mol. The van der Waals surface area contributed by atoms with E-state index in [0.29, 0.717) is 0 Å². The molecule has 0 saturated carbocycles. The van der Waals surface area contributed by atoms with Crippen molar-refractivity contribution in [2.45, 2.75) is 33.0 Å². The smallest absolute Gasteiger partial charge is 0.124 e. The number of hydrogen-bond acceptors (Lipinski definition) is 2. The van der Waals surface area contributed by atoms with Crippen LogP contribution in [0.15, 0.2) is 48.5 Å². The first-order valence-corrected chi connectivity index (χ1v) is 7.23. The molecule has 1 N–H and O–H groups in total. The van der Waals surface area contributed by atoms with Gasteiger partial charge in [0.25, 0.3) is 0 Å². The van der Waals surface area contributed by atoms with E-state index in [1.54, 1.807) is 0 Å². The van der Waals surface area contributed by atoms with Gasteiger partial charge >= 0.3 is 0 Å². The number of rotatable bonds is 6. The van der Waals surface area contributed by atoms with E-state index in [1.165, 1.54) is 0 Å². The van der Waals surface area contributed by atoms with Gasteiger partial charge in [-0.1, -0.05) is 48.0 Å². The molecule has 0 aromatic heterocycles. The number of hydrogen-bond donors (Lipinski definition) is 1. The Kier molecular flexibility index (Phi) is 5.45. The first kappa shape index (κ1) is 14.9. The van der Waals surface area contributed by atoms with Gasteiger partial charge in [0, 0.05) is 23.7 Å². The highest BCUT2D eigenvalue weighted by molar-refractivity contribution is 6.31. The third-order valence-corrected chi connectivity index (χ3v) is 3.29. The molecular formula is C17H20ClNO. The largest absolute Gasteiger partial charge is 0.491 e. The average molecular weight is 290 g/mol. The minimum atomic E-state index is 0.180. The molecular weight excluding hydrogens is 270 g/mol. The molecule has 0 fully saturated rings. The van der Waals surface area contributed by atoms with Crippen molar-refractivity contribution in [1.82, 2.24) is 5.32 Å². The van der Waals surface area contributed by atoms with Crippen molar-refractivity contribution in [3.05, 3.63) is 64.7 Å². The molecule has 0 aliphatic carbocycles. The van der Waals surface area contributed by atoms with E-state index < -0.39 is 0 Å². The number of para-hydroxylation sites is 1. The fraction of sp³-hybridized carbons (Fsp3) is 0.294. The first-order valence-electron chi connectivity index (χ1n) is 6.85. The van der Waals surface area contributed by atoms with Gasteiger partial charge in [0.15, 0.2) is 0 Å². The van der Waals surface area contributed by atoms with Crippen LogP contribution in [0.3, 0.4) is 0 Å². The summed E-state index contributed by atoms with van der Waals surface area (Å²) in [7, 11) is 0. The van der Waals surface area contributed by atoms with Crippen molar-refractivity contribution in [3.63, 3.8) is 0 Å². The van der Waals surface area contributed by atoms with Gasteiger partial charge in [-0.05, 0) is 31.5 Å². The van der Waals surface area contributed by atoms with Crippen molar-refractivity contribution in [2.75, 3.05) is 0 Å². The lowest BCUT2D eigenvalue weighted by Crippen LogP contribution is -2.15. The molecule has 0 aliphatic heterocycles. The Bertz CT molecular complexity index is 554. The van der Waals surface area contributed by atoms with Crippen LogP contribution >= 0.6 is 11.6 Å². The zero-order valence-electron chi connectivity index (χ0n) is 11.9. The maximum absolute atomic E-state index is 6.14. The summed E-state index contributed by atoms with van der Waals surface area (Å²) < 4.78 is 5.81. The average Bonchev–Trinajstić information content (AvgIpc) is 2.42. The second-order valence-electron chi connectivity index (χ2n) is 4.97. The molecule has 2 nitrogen and oxygen atoms in total. The molecule has 0 spiro atoms. The second-order valence-corrected chi connectivity index (χ2v) is 5.38. The maximum atomic E-state index is 6.14. The maximum Gasteiger partial charge on any atom is 0.124 e. The van der Waals surface area contributed by atoms with Crippen molar-refractivity contribution >= 4 is 11.6 Å². The summed E-state index contributed by atoms with van der Waals surface area (Å²) >= 11 is 6.14. The summed E-state index contributed by atoms with van der Waals surface area (Å²) in [5.74, 6) is 0.939. The standard InChI is InChI=1S/C17H20ClNO/c1-13(2)20-17-10-6-4-8-15(17)12-19-11-14-7-3-5-9-16(14)18/h3-10,13,19H,11-12H2,1-2H3.